The largest absolute Gasteiger partial charge is 0.391 e. The fourth-order valence-corrected chi connectivity index (χ4v) is 2.55. The molecule has 2 heteroatoms. The van der Waals surface area contributed by atoms with Crippen LogP contribution in [0.15, 0.2) is 54.6 Å². The number of rotatable bonds is 5. The first-order valence-corrected chi connectivity index (χ1v) is 7.02. The van der Waals surface area contributed by atoms with Crippen molar-refractivity contribution >= 4 is 0 Å². The molecular weight excluding hydrogens is 246 g/mol. The van der Waals surface area contributed by atoms with Gasteiger partial charge in [0.25, 0.3) is 0 Å². The molecule has 0 aliphatic rings. The van der Waals surface area contributed by atoms with Crippen LogP contribution in [0.5, 0.6) is 0 Å². The van der Waals surface area contributed by atoms with E-state index in [1.807, 2.05) is 37.2 Å². The molecule has 0 aromatic heterocycles. The van der Waals surface area contributed by atoms with Gasteiger partial charge in [0.2, 0.25) is 0 Å². The minimum absolute atomic E-state index is 0.0131. The Bertz CT molecular complexity index is 519. The molecule has 20 heavy (non-hydrogen) atoms. The predicted molar refractivity (Wildman–Crippen MR) is 84.0 cm³/mol. The minimum atomic E-state index is -0.421. The van der Waals surface area contributed by atoms with E-state index in [9.17, 15) is 5.11 Å². The van der Waals surface area contributed by atoms with Gasteiger partial charge in [-0.25, -0.2) is 0 Å². The van der Waals surface area contributed by atoms with Crippen LogP contribution < -0.4 is 0 Å². The monoisotopic (exact) mass is 269 g/mol. The summed E-state index contributed by atoms with van der Waals surface area (Å²) in [5.41, 5.74) is 3.56. The van der Waals surface area contributed by atoms with Crippen molar-refractivity contribution in [3.05, 3.63) is 71.3 Å². The Hall–Kier alpha value is -1.64. The van der Waals surface area contributed by atoms with Crippen LogP contribution in [-0.4, -0.2) is 36.8 Å². The summed E-state index contributed by atoms with van der Waals surface area (Å²) in [5, 5.41) is 10.6. The third-order valence-electron chi connectivity index (χ3n) is 3.53. The first kappa shape index (κ1) is 14.8. The van der Waals surface area contributed by atoms with Gasteiger partial charge in [-0.2, -0.15) is 0 Å². The number of benzene rings is 2. The van der Waals surface area contributed by atoms with Crippen molar-refractivity contribution in [3.8, 4) is 0 Å². The van der Waals surface area contributed by atoms with Crippen molar-refractivity contribution in [2.45, 2.75) is 18.9 Å². The maximum absolute atomic E-state index is 10.6. The van der Waals surface area contributed by atoms with Gasteiger partial charge in [0.1, 0.15) is 0 Å². The normalized spacial score (nSPS) is 14.2. The SMILES string of the molecule is Cc1ccc([C@H](c2ccccc2)[C@@H](O)CN(C)C)cc1. The summed E-state index contributed by atoms with van der Waals surface area (Å²) in [7, 11) is 3.97. The number of likely N-dealkylation sites (N-methyl/N-ethyl adjacent to an activating group) is 1. The zero-order chi connectivity index (χ0) is 14.5. The smallest absolute Gasteiger partial charge is 0.0775 e. The summed E-state index contributed by atoms with van der Waals surface area (Å²) in [6.45, 7) is 2.73. The van der Waals surface area contributed by atoms with E-state index >= 15 is 0 Å². The molecule has 0 aliphatic carbocycles. The van der Waals surface area contributed by atoms with Crippen molar-refractivity contribution in [1.29, 1.82) is 0 Å². The highest BCUT2D eigenvalue weighted by Gasteiger charge is 2.23. The Morgan fingerprint density at radius 2 is 1.45 bits per heavy atom. The van der Waals surface area contributed by atoms with E-state index in [2.05, 4.69) is 43.3 Å². The van der Waals surface area contributed by atoms with Crippen LogP contribution in [0, 0.1) is 6.92 Å². The lowest BCUT2D eigenvalue weighted by atomic mass is 9.86. The predicted octanol–water partition coefficient (Wildman–Crippen LogP) is 3.05. The average Bonchev–Trinajstić information content (AvgIpc) is 2.42. The third-order valence-corrected chi connectivity index (χ3v) is 3.53. The molecule has 1 N–H and O–H groups in total. The van der Waals surface area contributed by atoms with Crippen LogP contribution >= 0.6 is 0 Å². The Morgan fingerprint density at radius 3 is 2.00 bits per heavy atom. The lowest BCUT2D eigenvalue weighted by molar-refractivity contribution is 0.121. The van der Waals surface area contributed by atoms with Crippen molar-refractivity contribution in [2.24, 2.45) is 0 Å². The number of hydrogen-bond donors (Lipinski definition) is 1. The molecule has 0 aliphatic heterocycles. The topological polar surface area (TPSA) is 23.5 Å². The van der Waals surface area contributed by atoms with Crippen molar-refractivity contribution in [3.63, 3.8) is 0 Å². The van der Waals surface area contributed by atoms with Gasteiger partial charge >= 0.3 is 0 Å². The molecule has 2 rings (SSSR count). The van der Waals surface area contributed by atoms with Gasteiger partial charge in [-0.1, -0.05) is 60.2 Å². The second-order valence-corrected chi connectivity index (χ2v) is 5.63. The summed E-state index contributed by atoms with van der Waals surface area (Å²) >= 11 is 0. The van der Waals surface area contributed by atoms with Gasteiger partial charge in [0.05, 0.1) is 6.10 Å². The zero-order valence-corrected chi connectivity index (χ0v) is 12.5. The highest BCUT2D eigenvalue weighted by Crippen LogP contribution is 2.28. The van der Waals surface area contributed by atoms with Crippen LogP contribution in [0.4, 0.5) is 0 Å². The molecule has 106 valence electrons. The minimum Gasteiger partial charge on any atom is -0.391 e. The standard InChI is InChI=1S/C18H23NO/c1-14-9-11-16(12-10-14)18(17(20)13-19(2)3)15-7-5-4-6-8-15/h4-12,17-18,20H,13H2,1-3H3/t17-,18-/m0/s1. The molecule has 0 radical (unpaired) electrons. The van der Waals surface area contributed by atoms with Crippen LogP contribution in [0.2, 0.25) is 0 Å². The van der Waals surface area contributed by atoms with E-state index in [-0.39, 0.29) is 5.92 Å². The Morgan fingerprint density at radius 1 is 0.900 bits per heavy atom. The fraction of sp³-hybridized carbons (Fsp3) is 0.333. The Labute approximate surface area is 121 Å². The summed E-state index contributed by atoms with van der Waals surface area (Å²) < 4.78 is 0. The summed E-state index contributed by atoms with van der Waals surface area (Å²) in [6.07, 6.45) is -0.421. The lowest BCUT2D eigenvalue weighted by Gasteiger charge is -2.26. The Kier molecular flexibility index (Phi) is 4.94. The molecule has 0 fully saturated rings. The lowest BCUT2D eigenvalue weighted by Crippen LogP contribution is -2.31. The van der Waals surface area contributed by atoms with Crippen LogP contribution in [0.1, 0.15) is 22.6 Å². The molecule has 0 heterocycles. The Balaban J connectivity index is 2.36. The first-order valence-electron chi connectivity index (χ1n) is 7.02. The molecule has 0 saturated heterocycles. The van der Waals surface area contributed by atoms with E-state index in [1.54, 1.807) is 0 Å². The maximum Gasteiger partial charge on any atom is 0.0775 e. The van der Waals surface area contributed by atoms with Crippen LogP contribution in [0.3, 0.4) is 0 Å². The molecule has 0 saturated carbocycles. The summed E-state index contributed by atoms with van der Waals surface area (Å²) in [5.74, 6) is 0.0131. The van der Waals surface area contributed by atoms with E-state index in [4.69, 9.17) is 0 Å². The van der Waals surface area contributed by atoms with Crippen LogP contribution in [-0.2, 0) is 0 Å². The number of aliphatic hydroxyl groups excluding tert-OH is 1. The molecular formula is C18H23NO. The molecule has 2 aromatic rings. The van der Waals surface area contributed by atoms with Gasteiger partial charge in [-0.05, 0) is 32.1 Å². The van der Waals surface area contributed by atoms with Gasteiger partial charge < -0.3 is 10.0 Å². The highest BCUT2D eigenvalue weighted by molar-refractivity contribution is 5.35. The highest BCUT2D eigenvalue weighted by atomic mass is 16.3. The molecule has 0 spiro atoms. The van der Waals surface area contributed by atoms with Gasteiger partial charge in [0, 0.05) is 12.5 Å². The van der Waals surface area contributed by atoms with Crippen LogP contribution in [0.25, 0.3) is 0 Å². The average molecular weight is 269 g/mol. The number of nitrogens with zero attached hydrogens (tertiary/aromatic N) is 1. The molecule has 2 atom stereocenters. The van der Waals surface area contributed by atoms with Gasteiger partial charge in [-0.15, -0.1) is 0 Å². The summed E-state index contributed by atoms with van der Waals surface area (Å²) in [6, 6.07) is 18.7. The molecule has 2 nitrogen and oxygen atoms in total. The number of aliphatic hydroxyl groups is 1. The molecule has 0 unspecified atom stereocenters. The molecule has 2 aromatic carbocycles. The number of hydrogen-bond acceptors (Lipinski definition) is 2. The van der Waals surface area contributed by atoms with E-state index in [1.165, 1.54) is 5.56 Å². The second-order valence-electron chi connectivity index (χ2n) is 5.63. The number of aryl methyl sites for hydroxylation is 1. The van der Waals surface area contributed by atoms with Crippen molar-refractivity contribution in [2.75, 3.05) is 20.6 Å². The third kappa shape index (κ3) is 3.69. The molecule has 0 bridgehead atoms. The first-order chi connectivity index (χ1) is 9.58. The summed E-state index contributed by atoms with van der Waals surface area (Å²) in [4.78, 5) is 2.02. The van der Waals surface area contributed by atoms with E-state index in [0.717, 1.165) is 11.1 Å². The van der Waals surface area contributed by atoms with Gasteiger partial charge in [0.15, 0.2) is 0 Å². The molecule has 0 amide bonds. The van der Waals surface area contributed by atoms with E-state index in [0.29, 0.717) is 6.54 Å². The maximum atomic E-state index is 10.6. The van der Waals surface area contributed by atoms with E-state index < -0.39 is 6.10 Å². The fourth-order valence-electron chi connectivity index (χ4n) is 2.55. The zero-order valence-electron chi connectivity index (χ0n) is 12.5. The van der Waals surface area contributed by atoms with Crippen molar-refractivity contribution in [1.82, 2.24) is 4.90 Å². The second kappa shape index (κ2) is 6.69. The quantitative estimate of drug-likeness (QED) is 0.902. The van der Waals surface area contributed by atoms with Crippen molar-refractivity contribution < 1.29 is 5.11 Å². The van der Waals surface area contributed by atoms with Gasteiger partial charge in [-0.3, -0.25) is 0 Å².